The number of nitrogens with one attached hydrogen (secondary N) is 1. The van der Waals surface area contributed by atoms with E-state index in [2.05, 4.69) is 22.2 Å². The smallest absolute Gasteiger partial charge is 0.258 e. The number of hydrogen-bond acceptors (Lipinski definition) is 3. The molecule has 1 heterocycles. The van der Waals surface area contributed by atoms with E-state index in [9.17, 15) is 9.18 Å². The van der Waals surface area contributed by atoms with Gasteiger partial charge >= 0.3 is 0 Å². The Bertz CT molecular complexity index is 877. The summed E-state index contributed by atoms with van der Waals surface area (Å²) in [4.78, 5) is 20.6. The Morgan fingerprint density at radius 3 is 2.46 bits per heavy atom. The summed E-state index contributed by atoms with van der Waals surface area (Å²) in [6, 6.07) is 13.9. The molecule has 0 bridgehead atoms. The van der Waals surface area contributed by atoms with Gasteiger partial charge in [0.05, 0.1) is 5.56 Å². The number of hydrogen-bond donors (Lipinski definition) is 1. The van der Waals surface area contributed by atoms with Crippen molar-refractivity contribution in [2.45, 2.75) is 26.2 Å². The normalized spacial score (nSPS) is 10.5. The molecule has 0 aliphatic heterocycles. The largest absolute Gasteiger partial charge is 0.322 e. The van der Waals surface area contributed by atoms with E-state index in [0.717, 1.165) is 24.9 Å². The zero-order valence-corrected chi connectivity index (χ0v) is 14.6. The van der Waals surface area contributed by atoms with E-state index in [1.165, 1.54) is 30.1 Å². The van der Waals surface area contributed by atoms with Gasteiger partial charge in [-0.2, -0.15) is 0 Å². The first kappa shape index (κ1) is 17.7. The molecule has 0 unspecified atom stereocenters. The number of nitrogens with zero attached hydrogens (tertiary/aromatic N) is 2. The molecule has 4 nitrogen and oxygen atoms in total. The molecular formula is C21H20FN3O. The van der Waals surface area contributed by atoms with Crippen LogP contribution in [0.25, 0.3) is 11.4 Å². The summed E-state index contributed by atoms with van der Waals surface area (Å²) in [7, 11) is 0. The fraction of sp³-hybridized carbons (Fsp3) is 0.190. The Labute approximate surface area is 152 Å². The van der Waals surface area contributed by atoms with Crippen molar-refractivity contribution in [2.24, 2.45) is 0 Å². The maximum atomic E-state index is 13.3. The highest BCUT2D eigenvalue weighted by atomic mass is 19.1. The summed E-state index contributed by atoms with van der Waals surface area (Å²) in [6.07, 6.45) is 6.24. The molecule has 0 atom stereocenters. The van der Waals surface area contributed by atoms with Crippen LogP contribution in [0.1, 0.15) is 35.7 Å². The van der Waals surface area contributed by atoms with E-state index in [1.807, 2.05) is 24.3 Å². The lowest BCUT2D eigenvalue weighted by atomic mass is 10.1. The van der Waals surface area contributed by atoms with Crippen LogP contribution in [0.2, 0.25) is 0 Å². The molecule has 26 heavy (non-hydrogen) atoms. The van der Waals surface area contributed by atoms with Gasteiger partial charge in [-0.1, -0.05) is 37.6 Å². The van der Waals surface area contributed by atoms with E-state index < -0.39 is 0 Å². The van der Waals surface area contributed by atoms with Crippen molar-refractivity contribution in [3.63, 3.8) is 0 Å². The van der Waals surface area contributed by atoms with Crippen LogP contribution >= 0.6 is 0 Å². The molecule has 132 valence electrons. The lowest BCUT2D eigenvalue weighted by molar-refractivity contribution is 0.102. The minimum atomic E-state index is -0.352. The number of unbranched alkanes of at least 4 members (excludes halogenated alkanes) is 1. The maximum Gasteiger partial charge on any atom is 0.258 e. The average molecular weight is 349 g/mol. The summed E-state index contributed by atoms with van der Waals surface area (Å²) in [5, 5.41) is 2.83. The fourth-order valence-electron chi connectivity index (χ4n) is 2.56. The molecule has 0 aliphatic rings. The van der Waals surface area contributed by atoms with Gasteiger partial charge in [-0.25, -0.2) is 14.4 Å². The van der Waals surface area contributed by atoms with Crippen molar-refractivity contribution in [3.05, 3.63) is 77.9 Å². The molecule has 1 amide bonds. The third-order valence-corrected chi connectivity index (χ3v) is 4.03. The van der Waals surface area contributed by atoms with Gasteiger partial charge in [-0.05, 0) is 42.7 Å². The Hall–Kier alpha value is -3.08. The molecule has 0 radical (unpaired) electrons. The highest BCUT2D eigenvalue weighted by Crippen LogP contribution is 2.16. The molecule has 0 saturated heterocycles. The number of halogens is 1. The van der Waals surface area contributed by atoms with Crippen LogP contribution in [-0.2, 0) is 6.42 Å². The van der Waals surface area contributed by atoms with Gasteiger partial charge in [0.15, 0.2) is 5.82 Å². The molecule has 5 heteroatoms. The number of aryl methyl sites for hydroxylation is 1. The fourth-order valence-corrected chi connectivity index (χ4v) is 2.56. The molecule has 0 spiro atoms. The molecule has 0 fully saturated rings. The number of amides is 1. The summed E-state index contributed by atoms with van der Waals surface area (Å²) in [6.45, 7) is 2.16. The average Bonchev–Trinajstić information content (AvgIpc) is 2.67. The highest BCUT2D eigenvalue weighted by molar-refractivity contribution is 6.03. The predicted octanol–water partition coefficient (Wildman–Crippen LogP) is 4.88. The molecule has 1 aromatic heterocycles. The minimum Gasteiger partial charge on any atom is -0.322 e. The second kappa shape index (κ2) is 8.34. The first-order valence-electron chi connectivity index (χ1n) is 8.64. The molecule has 3 rings (SSSR count). The Balaban J connectivity index is 1.66. The monoisotopic (exact) mass is 349 g/mol. The van der Waals surface area contributed by atoms with Crippen molar-refractivity contribution < 1.29 is 9.18 Å². The Kier molecular flexibility index (Phi) is 5.69. The summed E-state index contributed by atoms with van der Waals surface area (Å²) >= 11 is 0. The molecular weight excluding hydrogens is 329 g/mol. The number of aromatic nitrogens is 2. The van der Waals surface area contributed by atoms with E-state index in [-0.39, 0.29) is 11.7 Å². The number of benzene rings is 2. The van der Waals surface area contributed by atoms with Crippen LogP contribution in [0.4, 0.5) is 10.1 Å². The van der Waals surface area contributed by atoms with Crippen LogP contribution in [0.3, 0.4) is 0 Å². The second-order valence-electron chi connectivity index (χ2n) is 6.06. The van der Waals surface area contributed by atoms with Crippen LogP contribution in [0.5, 0.6) is 0 Å². The third kappa shape index (κ3) is 4.51. The molecule has 1 N–H and O–H groups in total. The number of anilines is 1. The highest BCUT2D eigenvalue weighted by Gasteiger charge is 2.09. The van der Waals surface area contributed by atoms with Crippen LogP contribution in [0.15, 0.2) is 60.9 Å². The standard InChI is InChI=1S/C21H20FN3O/c1-2-3-5-15-8-10-19(11-9-15)25-21(26)17-13-23-20(24-14-17)16-6-4-7-18(22)12-16/h4,6-14H,2-3,5H2,1H3,(H,25,26). The van der Waals surface area contributed by atoms with Gasteiger partial charge in [-0.15, -0.1) is 0 Å². The lowest BCUT2D eigenvalue weighted by Gasteiger charge is -2.07. The summed E-state index contributed by atoms with van der Waals surface area (Å²) in [5.74, 6) is -0.256. The zero-order chi connectivity index (χ0) is 18.4. The van der Waals surface area contributed by atoms with Crippen LogP contribution < -0.4 is 5.32 Å². The SMILES string of the molecule is CCCCc1ccc(NC(=O)c2cnc(-c3cccc(F)c3)nc2)cc1. The summed E-state index contributed by atoms with van der Waals surface area (Å²) < 4.78 is 13.3. The topological polar surface area (TPSA) is 54.9 Å². The van der Waals surface area contributed by atoms with Gasteiger partial charge in [-0.3, -0.25) is 4.79 Å². The van der Waals surface area contributed by atoms with Gasteiger partial charge in [0.1, 0.15) is 5.82 Å². The number of rotatable bonds is 6. The van der Waals surface area contributed by atoms with E-state index in [0.29, 0.717) is 17.0 Å². The quantitative estimate of drug-likeness (QED) is 0.690. The zero-order valence-electron chi connectivity index (χ0n) is 14.6. The van der Waals surface area contributed by atoms with Crippen molar-refractivity contribution in [1.29, 1.82) is 0 Å². The number of carbonyl (C=O) groups excluding carboxylic acids is 1. The second-order valence-corrected chi connectivity index (χ2v) is 6.06. The van der Waals surface area contributed by atoms with E-state index >= 15 is 0 Å². The van der Waals surface area contributed by atoms with Crippen molar-refractivity contribution in [1.82, 2.24) is 9.97 Å². The van der Waals surface area contributed by atoms with Crippen LogP contribution in [0, 0.1) is 5.82 Å². The molecule has 2 aromatic carbocycles. The maximum absolute atomic E-state index is 13.3. The van der Waals surface area contributed by atoms with Gasteiger partial charge in [0.25, 0.3) is 5.91 Å². The third-order valence-electron chi connectivity index (χ3n) is 4.03. The predicted molar refractivity (Wildman–Crippen MR) is 100 cm³/mol. The van der Waals surface area contributed by atoms with Crippen molar-refractivity contribution >= 4 is 11.6 Å². The molecule has 3 aromatic rings. The first-order chi connectivity index (χ1) is 12.7. The van der Waals surface area contributed by atoms with Crippen molar-refractivity contribution in [2.75, 3.05) is 5.32 Å². The van der Waals surface area contributed by atoms with E-state index in [1.54, 1.807) is 12.1 Å². The molecule has 0 saturated carbocycles. The Morgan fingerprint density at radius 1 is 1.08 bits per heavy atom. The van der Waals surface area contributed by atoms with E-state index in [4.69, 9.17) is 0 Å². The van der Waals surface area contributed by atoms with Gasteiger partial charge < -0.3 is 5.32 Å². The number of carbonyl (C=O) groups is 1. The van der Waals surface area contributed by atoms with Crippen molar-refractivity contribution in [3.8, 4) is 11.4 Å². The first-order valence-corrected chi connectivity index (χ1v) is 8.64. The minimum absolute atomic E-state index is 0.280. The van der Waals surface area contributed by atoms with Gasteiger partial charge in [0, 0.05) is 23.6 Å². The lowest BCUT2D eigenvalue weighted by Crippen LogP contribution is -2.12. The van der Waals surface area contributed by atoms with Gasteiger partial charge in [0.2, 0.25) is 0 Å². The Morgan fingerprint density at radius 2 is 1.81 bits per heavy atom. The summed E-state index contributed by atoms with van der Waals surface area (Å²) in [5.41, 5.74) is 2.90. The van der Waals surface area contributed by atoms with Crippen LogP contribution in [-0.4, -0.2) is 15.9 Å². The molecule has 0 aliphatic carbocycles.